The predicted octanol–water partition coefficient (Wildman–Crippen LogP) is -0.568. The summed E-state index contributed by atoms with van der Waals surface area (Å²) >= 11 is 0. The van der Waals surface area contributed by atoms with Gasteiger partial charge in [-0.05, 0) is 12.1 Å². The van der Waals surface area contributed by atoms with Crippen LogP contribution in [0.2, 0.25) is 0 Å². The number of carboxylic acid groups (broad SMARTS) is 1. The standard InChI is InChI=1S/C9H8N2O4/c10-4-5-2-1-3-11-6(5)7(12)8(13)9(14)15/h1-3,7-8,12-13H,(H,14,15). The molecule has 6 heteroatoms. The zero-order chi connectivity index (χ0) is 11.4. The quantitative estimate of drug-likeness (QED) is 0.612. The Hall–Kier alpha value is -1.97. The van der Waals surface area contributed by atoms with Crippen molar-refractivity contribution in [2.75, 3.05) is 0 Å². The van der Waals surface area contributed by atoms with Gasteiger partial charge >= 0.3 is 5.97 Å². The maximum absolute atomic E-state index is 10.4. The molecule has 0 radical (unpaired) electrons. The third-order valence-electron chi connectivity index (χ3n) is 1.79. The molecule has 0 saturated heterocycles. The second-order valence-corrected chi connectivity index (χ2v) is 2.78. The molecule has 0 fully saturated rings. The van der Waals surface area contributed by atoms with Gasteiger partial charge in [-0.3, -0.25) is 4.98 Å². The lowest BCUT2D eigenvalue weighted by atomic mass is 10.1. The molecule has 1 rings (SSSR count). The number of aliphatic hydroxyl groups excluding tert-OH is 2. The summed E-state index contributed by atoms with van der Waals surface area (Å²) in [5.74, 6) is -1.57. The van der Waals surface area contributed by atoms with Crippen molar-refractivity contribution in [3.05, 3.63) is 29.6 Å². The molecule has 0 aliphatic heterocycles. The van der Waals surface area contributed by atoms with Crippen LogP contribution in [0.25, 0.3) is 0 Å². The van der Waals surface area contributed by atoms with Gasteiger partial charge in [-0.15, -0.1) is 0 Å². The number of aliphatic hydroxyl groups is 2. The lowest BCUT2D eigenvalue weighted by molar-refractivity contribution is -0.153. The molecule has 0 bridgehead atoms. The Morgan fingerprint density at radius 2 is 2.20 bits per heavy atom. The molecular weight excluding hydrogens is 200 g/mol. The first-order valence-corrected chi connectivity index (χ1v) is 4.02. The summed E-state index contributed by atoms with van der Waals surface area (Å²) in [7, 11) is 0. The molecule has 2 unspecified atom stereocenters. The highest BCUT2D eigenvalue weighted by atomic mass is 16.4. The van der Waals surface area contributed by atoms with E-state index in [4.69, 9.17) is 15.5 Å². The number of carbonyl (C=O) groups is 1. The highest BCUT2D eigenvalue weighted by molar-refractivity contribution is 5.73. The van der Waals surface area contributed by atoms with Gasteiger partial charge in [0.1, 0.15) is 12.2 Å². The topological polar surface area (TPSA) is 114 Å². The maximum atomic E-state index is 10.4. The van der Waals surface area contributed by atoms with E-state index in [0.717, 1.165) is 0 Å². The number of carboxylic acids is 1. The van der Waals surface area contributed by atoms with Crippen LogP contribution in [0.3, 0.4) is 0 Å². The maximum Gasteiger partial charge on any atom is 0.335 e. The molecule has 0 aromatic carbocycles. The van der Waals surface area contributed by atoms with Gasteiger partial charge in [0.2, 0.25) is 0 Å². The van der Waals surface area contributed by atoms with Gasteiger partial charge in [0.15, 0.2) is 6.10 Å². The van der Waals surface area contributed by atoms with E-state index in [-0.39, 0.29) is 11.3 Å². The predicted molar refractivity (Wildman–Crippen MR) is 47.6 cm³/mol. The fourth-order valence-electron chi connectivity index (χ4n) is 1.03. The van der Waals surface area contributed by atoms with Crippen LogP contribution < -0.4 is 0 Å². The Morgan fingerprint density at radius 1 is 1.53 bits per heavy atom. The molecule has 2 atom stereocenters. The van der Waals surface area contributed by atoms with E-state index in [2.05, 4.69) is 4.98 Å². The van der Waals surface area contributed by atoms with Crippen molar-refractivity contribution in [3.63, 3.8) is 0 Å². The number of rotatable bonds is 3. The number of pyridine rings is 1. The first kappa shape index (κ1) is 11.1. The smallest absolute Gasteiger partial charge is 0.335 e. The summed E-state index contributed by atoms with van der Waals surface area (Å²) in [4.78, 5) is 14.1. The minimum Gasteiger partial charge on any atom is -0.479 e. The normalized spacial score (nSPS) is 13.9. The first-order chi connectivity index (χ1) is 7.07. The van der Waals surface area contributed by atoms with E-state index in [1.807, 2.05) is 0 Å². The lowest BCUT2D eigenvalue weighted by Gasteiger charge is -2.13. The fourth-order valence-corrected chi connectivity index (χ4v) is 1.03. The summed E-state index contributed by atoms with van der Waals surface area (Å²) in [6, 6.07) is 4.59. The number of aromatic nitrogens is 1. The Morgan fingerprint density at radius 3 is 2.73 bits per heavy atom. The van der Waals surface area contributed by atoms with E-state index < -0.39 is 18.2 Å². The minimum atomic E-state index is -1.99. The van der Waals surface area contributed by atoms with Gasteiger partial charge in [-0.1, -0.05) is 0 Å². The van der Waals surface area contributed by atoms with Gasteiger partial charge in [0.25, 0.3) is 0 Å². The number of hydrogen-bond acceptors (Lipinski definition) is 5. The molecule has 1 aromatic heterocycles. The zero-order valence-electron chi connectivity index (χ0n) is 7.53. The third kappa shape index (κ3) is 2.28. The number of aliphatic carboxylic acids is 1. The van der Waals surface area contributed by atoms with Crippen LogP contribution in [-0.2, 0) is 4.79 Å². The van der Waals surface area contributed by atoms with Crippen molar-refractivity contribution in [2.24, 2.45) is 0 Å². The summed E-state index contributed by atoms with van der Waals surface area (Å²) in [5.41, 5.74) is -0.111. The van der Waals surface area contributed by atoms with Crippen LogP contribution in [-0.4, -0.2) is 32.4 Å². The van der Waals surface area contributed by atoms with E-state index in [1.165, 1.54) is 18.3 Å². The van der Waals surface area contributed by atoms with Crippen LogP contribution in [0.15, 0.2) is 18.3 Å². The number of nitriles is 1. The molecule has 15 heavy (non-hydrogen) atoms. The van der Waals surface area contributed by atoms with E-state index in [0.29, 0.717) is 0 Å². The molecule has 0 saturated carbocycles. The minimum absolute atomic E-state index is 0.0327. The van der Waals surface area contributed by atoms with Gasteiger partial charge < -0.3 is 15.3 Å². The molecule has 0 aliphatic carbocycles. The second-order valence-electron chi connectivity index (χ2n) is 2.78. The van der Waals surface area contributed by atoms with E-state index in [9.17, 15) is 9.90 Å². The summed E-state index contributed by atoms with van der Waals surface area (Å²) in [5, 5.41) is 35.6. The van der Waals surface area contributed by atoms with Crippen molar-refractivity contribution < 1.29 is 20.1 Å². The molecule has 6 nitrogen and oxygen atoms in total. The largest absolute Gasteiger partial charge is 0.479 e. The van der Waals surface area contributed by atoms with Gasteiger partial charge in [-0.2, -0.15) is 5.26 Å². The van der Waals surface area contributed by atoms with Crippen molar-refractivity contribution in [1.82, 2.24) is 4.98 Å². The fraction of sp³-hybridized carbons (Fsp3) is 0.222. The van der Waals surface area contributed by atoms with Crippen LogP contribution in [0, 0.1) is 11.3 Å². The van der Waals surface area contributed by atoms with Crippen LogP contribution in [0.1, 0.15) is 17.4 Å². The Bertz CT molecular complexity index is 413. The Balaban J connectivity index is 3.06. The lowest BCUT2D eigenvalue weighted by Crippen LogP contribution is -2.28. The van der Waals surface area contributed by atoms with E-state index >= 15 is 0 Å². The van der Waals surface area contributed by atoms with Crippen LogP contribution in [0.4, 0.5) is 0 Å². The van der Waals surface area contributed by atoms with Crippen LogP contribution in [0.5, 0.6) is 0 Å². The van der Waals surface area contributed by atoms with Gasteiger partial charge in [0.05, 0.1) is 11.3 Å². The summed E-state index contributed by atoms with van der Waals surface area (Å²) in [6.45, 7) is 0. The molecule has 3 N–H and O–H groups in total. The average molecular weight is 208 g/mol. The van der Waals surface area contributed by atoms with Crippen molar-refractivity contribution in [3.8, 4) is 6.07 Å². The molecular formula is C9H8N2O4. The van der Waals surface area contributed by atoms with Crippen molar-refractivity contribution in [1.29, 1.82) is 5.26 Å². The van der Waals surface area contributed by atoms with Crippen molar-refractivity contribution >= 4 is 5.97 Å². The highest BCUT2D eigenvalue weighted by Gasteiger charge is 2.28. The molecule has 0 aliphatic rings. The molecule has 78 valence electrons. The molecule has 1 aromatic rings. The third-order valence-corrected chi connectivity index (χ3v) is 1.79. The zero-order valence-corrected chi connectivity index (χ0v) is 7.53. The summed E-state index contributed by atoms with van der Waals surface area (Å²) < 4.78 is 0. The summed E-state index contributed by atoms with van der Waals surface area (Å²) in [6.07, 6.45) is -2.40. The molecule has 1 heterocycles. The number of hydrogen-bond donors (Lipinski definition) is 3. The van der Waals surface area contributed by atoms with Gasteiger partial charge in [0, 0.05) is 6.20 Å². The molecule has 0 spiro atoms. The first-order valence-electron chi connectivity index (χ1n) is 4.02. The molecule has 0 amide bonds. The SMILES string of the molecule is N#Cc1cccnc1C(O)C(O)C(=O)O. The Kier molecular flexibility index (Phi) is 3.33. The average Bonchev–Trinajstić information content (AvgIpc) is 2.26. The monoisotopic (exact) mass is 208 g/mol. The van der Waals surface area contributed by atoms with E-state index in [1.54, 1.807) is 6.07 Å². The van der Waals surface area contributed by atoms with Crippen molar-refractivity contribution in [2.45, 2.75) is 12.2 Å². The van der Waals surface area contributed by atoms with Crippen LogP contribution >= 0.6 is 0 Å². The Labute approximate surface area is 85.0 Å². The number of nitrogens with zero attached hydrogens (tertiary/aromatic N) is 2. The highest BCUT2D eigenvalue weighted by Crippen LogP contribution is 2.18. The van der Waals surface area contributed by atoms with Gasteiger partial charge in [-0.25, -0.2) is 4.79 Å². The second kappa shape index (κ2) is 4.50.